The van der Waals surface area contributed by atoms with Gasteiger partial charge in [-0.3, -0.25) is 0 Å². The van der Waals surface area contributed by atoms with Gasteiger partial charge in [-0.15, -0.1) is 0 Å². The highest BCUT2D eigenvalue weighted by atomic mass is 16.2. The van der Waals surface area contributed by atoms with E-state index >= 15 is 0 Å². The lowest BCUT2D eigenvalue weighted by Gasteiger charge is -2.17. The van der Waals surface area contributed by atoms with Crippen molar-refractivity contribution >= 4 is 0 Å². The predicted molar refractivity (Wildman–Crippen MR) is 62.5 cm³/mol. The normalized spacial score (nSPS) is 26.1. The highest BCUT2D eigenvalue weighted by molar-refractivity contribution is 4.84. The number of hydrogen-bond acceptors (Lipinski definition) is 2. The molecule has 0 aromatic carbocycles. The molecule has 86 valence electrons. The van der Waals surface area contributed by atoms with Gasteiger partial charge in [0.2, 0.25) is 0 Å². The summed E-state index contributed by atoms with van der Waals surface area (Å²) in [6.07, 6.45) is 8.84. The second-order valence-corrected chi connectivity index (χ2v) is 3.75. The van der Waals surface area contributed by atoms with E-state index < -0.39 is 0 Å². The molecule has 0 spiro atoms. The molecule has 1 aliphatic heterocycles. The standard InChI is InChI=1S/C9H17N.C2H6.CH4O/c1-2-5-8(4-1)9-6-3-7-10-9;2*1-2/h8-10H,1-7H2;1-2H3;2H,1H3. The van der Waals surface area contributed by atoms with Crippen LogP contribution in [0.2, 0.25) is 0 Å². The van der Waals surface area contributed by atoms with Gasteiger partial charge in [0.25, 0.3) is 0 Å². The first-order valence-corrected chi connectivity index (χ1v) is 6.15. The van der Waals surface area contributed by atoms with Crippen LogP contribution in [0, 0.1) is 5.92 Å². The fourth-order valence-corrected chi connectivity index (χ4v) is 2.47. The van der Waals surface area contributed by atoms with Crippen molar-refractivity contribution in [2.24, 2.45) is 5.92 Å². The van der Waals surface area contributed by atoms with Crippen LogP contribution in [0.4, 0.5) is 0 Å². The van der Waals surface area contributed by atoms with Gasteiger partial charge in [0.1, 0.15) is 0 Å². The largest absolute Gasteiger partial charge is 0.400 e. The smallest absolute Gasteiger partial charge is 0.0319 e. The maximum atomic E-state index is 7.00. The van der Waals surface area contributed by atoms with Crippen LogP contribution in [-0.4, -0.2) is 24.8 Å². The number of rotatable bonds is 1. The second-order valence-electron chi connectivity index (χ2n) is 3.75. The molecule has 1 saturated carbocycles. The van der Waals surface area contributed by atoms with E-state index in [4.69, 9.17) is 5.11 Å². The zero-order chi connectivity index (χ0) is 10.8. The quantitative estimate of drug-likeness (QED) is 0.683. The van der Waals surface area contributed by atoms with E-state index in [1.54, 1.807) is 0 Å². The molecule has 1 unspecified atom stereocenters. The molecule has 2 rings (SSSR count). The molecule has 1 heterocycles. The molecule has 2 aliphatic rings. The Morgan fingerprint density at radius 3 is 1.93 bits per heavy atom. The SMILES string of the molecule is C1CCC(C2CCCN2)C1.CC.CO. The summed E-state index contributed by atoms with van der Waals surface area (Å²) in [5.74, 6) is 1.04. The average Bonchev–Trinajstić information content (AvgIpc) is 2.96. The minimum absolute atomic E-state index is 0.905. The Morgan fingerprint density at radius 2 is 1.50 bits per heavy atom. The Balaban J connectivity index is 0.000000379. The van der Waals surface area contributed by atoms with Crippen LogP contribution < -0.4 is 5.32 Å². The Hall–Kier alpha value is -0.0800. The van der Waals surface area contributed by atoms with Gasteiger partial charge in [-0.1, -0.05) is 26.7 Å². The number of hydrogen-bond donors (Lipinski definition) is 2. The van der Waals surface area contributed by atoms with Crippen LogP contribution in [0.15, 0.2) is 0 Å². The zero-order valence-corrected chi connectivity index (χ0v) is 10.1. The molecule has 0 aromatic heterocycles. The van der Waals surface area contributed by atoms with Crippen molar-refractivity contribution in [3.8, 4) is 0 Å². The van der Waals surface area contributed by atoms with E-state index in [2.05, 4.69) is 5.32 Å². The first-order chi connectivity index (χ1) is 6.97. The van der Waals surface area contributed by atoms with Crippen molar-refractivity contribution in [2.45, 2.75) is 58.4 Å². The Bertz CT molecular complexity index is 90.9. The first kappa shape index (κ1) is 13.9. The summed E-state index contributed by atoms with van der Waals surface area (Å²) < 4.78 is 0. The van der Waals surface area contributed by atoms with Crippen molar-refractivity contribution < 1.29 is 5.11 Å². The molecule has 0 amide bonds. The maximum absolute atomic E-state index is 7.00. The van der Waals surface area contributed by atoms with Gasteiger partial charge in [-0.25, -0.2) is 0 Å². The predicted octanol–water partition coefficient (Wildman–Crippen LogP) is 2.56. The van der Waals surface area contributed by atoms with Gasteiger partial charge in [-0.05, 0) is 38.1 Å². The molecule has 1 atom stereocenters. The summed E-state index contributed by atoms with van der Waals surface area (Å²) in [7, 11) is 1.00. The summed E-state index contributed by atoms with van der Waals surface area (Å²) in [6, 6.07) is 0.905. The highest BCUT2D eigenvalue weighted by Crippen LogP contribution is 2.30. The molecule has 2 heteroatoms. The van der Waals surface area contributed by atoms with Crippen molar-refractivity contribution in [3.63, 3.8) is 0 Å². The third-order valence-electron chi connectivity index (χ3n) is 3.07. The van der Waals surface area contributed by atoms with Gasteiger partial charge in [0.05, 0.1) is 0 Å². The topological polar surface area (TPSA) is 32.3 Å². The van der Waals surface area contributed by atoms with E-state index in [0.717, 1.165) is 19.1 Å². The van der Waals surface area contributed by atoms with Crippen molar-refractivity contribution in [1.29, 1.82) is 0 Å². The van der Waals surface area contributed by atoms with Crippen molar-refractivity contribution in [3.05, 3.63) is 0 Å². The van der Waals surface area contributed by atoms with Gasteiger partial charge in [0, 0.05) is 13.2 Å². The molecular formula is C12H27NO. The Labute approximate surface area is 89.1 Å². The van der Waals surface area contributed by atoms with E-state index in [1.165, 1.54) is 45.1 Å². The van der Waals surface area contributed by atoms with Crippen LogP contribution in [0.5, 0.6) is 0 Å². The third kappa shape index (κ3) is 4.43. The number of aliphatic hydroxyl groups is 1. The van der Waals surface area contributed by atoms with Crippen LogP contribution in [-0.2, 0) is 0 Å². The van der Waals surface area contributed by atoms with Crippen molar-refractivity contribution in [2.75, 3.05) is 13.7 Å². The van der Waals surface area contributed by atoms with E-state index in [9.17, 15) is 0 Å². The van der Waals surface area contributed by atoms with Crippen LogP contribution in [0.3, 0.4) is 0 Å². The summed E-state index contributed by atoms with van der Waals surface area (Å²) >= 11 is 0. The minimum atomic E-state index is 0.905. The van der Waals surface area contributed by atoms with Crippen molar-refractivity contribution in [1.82, 2.24) is 5.32 Å². The van der Waals surface area contributed by atoms with Crippen LogP contribution >= 0.6 is 0 Å². The molecule has 1 saturated heterocycles. The molecule has 1 aliphatic carbocycles. The summed E-state index contributed by atoms with van der Waals surface area (Å²) in [4.78, 5) is 0. The highest BCUT2D eigenvalue weighted by Gasteiger charge is 2.26. The van der Waals surface area contributed by atoms with Crippen LogP contribution in [0.25, 0.3) is 0 Å². The van der Waals surface area contributed by atoms with Gasteiger partial charge >= 0.3 is 0 Å². The number of aliphatic hydroxyl groups excluding tert-OH is 1. The average molecular weight is 201 g/mol. The lowest BCUT2D eigenvalue weighted by molar-refractivity contribution is 0.399. The molecule has 14 heavy (non-hydrogen) atoms. The summed E-state index contributed by atoms with van der Waals surface area (Å²) in [5, 5.41) is 10.6. The molecule has 2 nitrogen and oxygen atoms in total. The maximum Gasteiger partial charge on any atom is 0.0319 e. The fourth-order valence-electron chi connectivity index (χ4n) is 2.47. The minimum Gasteiger partial charge on any atom is -0.400 e. The Morgan fingerprint density at radius 1 is 0.929 bits per heavy atom. The van der Waals surface area contributed by atoms with E-state index in [-0.39, 0.29) is 0 Å². The summed E-state index contributed by atoms with van der Waals surface area (Å²) in [6.45, 7) is 5.28. The third-order valence-corrected chi connectivity index (χ3v) is 3.07. The van der Waals surface area contributed by atoms with Gasteiger partial charge < -0.3 is 10.4 Å². The van der Waals surface area contributed by atoms with Gasteiger partial charge in [-0.2, -0.15) is 0 Å². The molecule has 2 N–H and O–H groups in total. The molecule has 0 radical (unpaired) electrons. The lowest BCUT2D eigenvalue weighted by Crippen LogP contribution is -2.28. The second kappa shape index (κ2) is 9.47. The number of nitrogens with one attached hydrogen (secondary N) is 1. The molecule has 0 aromatic rings. The van der Waals surface area contributed by atoms with Crippen LogP contribution in [0.1, 0.15) is 52.4 Å². The first-order valence-electron chi connectivity index (χ1n) is 6.15. The molecule has 2 fully saturated rings. The molecular weight excluding hydrogens is 174 g/mol. The van der Waals surface area contributed by atoms with E-state index in [0.29, 0.717) is 0 Å². The monoisotopic (exact) mass is 201 g/mol. The fraction of sp³-hybridized carbons (Fsp3) is 1.00. The van der Waals surface area contributed by atoms with E-state index in [1.807, 2.05) is 13.8 Å². The zero-order valence-electron chi connectivity index (χ0n) is 10.1. The Kier molecular flexibility index (Phi) is 9.42. The molecule has 0 bridgehead atoms. The lowest BCUT2D eigenvalue weighted by atomic mass is 9.97. The van der Waals surface area contributed by atoms with Gasteiger partial charge in [0.15, 0.2) is 0 Å². The summed E-state index contributed by atoms with van der Waals surface area (Å²) in [5.41, 5.74) is 0.